The molecule has 1 aromatic rings. The fraction of sp³-hybridized carbons (Fsp3) is 0.550. The molecule has 0 aromatic heterocycles. The molecule has 2 atom stereocenters. The molecule has 0 radical (unpaired) electrons. The molecular formula is C20H28NO7P. The lowest BCUT2D eigenvalue weighted by atomic mass is 9.83. The van der Waals surface area contributed by atoms with Gasteiger partial charge in [-0.2, -0.15) is 0 Å². The van der Waals surface area contributed by atoms with Crippen LogP contribution < -0.4 is 5.32 Å². The Hall–Kier alpha value is -2.02. The lowest BCUT2D eigenvalue weighted by molar-refractivity contribution is -0.141. The van der Waals surface area contributed by atoms with E-state index in [0.29, 0.717) is 24.8 Å². The third-order valence-electron chi connectivity index (χ3n) is 4.79. The van der Waals surface area contributed by atoms with Crippen molar-refractivity contribution >= 4 is 25.3 Å². The number of amides is 1. The summed E-state index contributed by atoms with van der Waals surface area (Å²) < 4.78 is 23.1. The molecule has 0 heterocycles. The molecule has 160 valence electrons. The van der Waals surface area contributed by atoms with Crippen LogP contribution in [-0.4, -0.2) is 42.0 Å². The van der Waals surface area contributed by atoms with E-state index in [-0.39, 0.29) is 37.1 Å². The van der Waals surface area contributed by atoms with E-state index in [1.165, 1.54) is 12.1 Å². The molecule has 2 rings (SSSR count). The van der Waals surface area contributed by atoms with Crippen LogP contribution in [0.5, 0.6) is 0 Å². The number of ketones is 1. The van der Waals surface area contributed by atoms with Crippen molar-refractivity contribution in [1.82, 2.24) is 5.32 Å². The van der Waals surface area contributed by atoms with Gasteiger partial charge in [0.25, 0.3) is 5.91 Å². The van der Waals surface area contributed by atoms with Crippen LogP contribution in [-0.2, 0) is 29.4 Å². The SMILES string of the molecule is CCOP(=O)(Cc1ccc(C(=O)N[C@@H](C(=O)O)[C@@H]2CCCC(=O)C2)cc1)OCC. The molecule has 1 saturated carbocycles. The Morgan fingerprint density at radius 1 is 1.21 bits per heavy atom. The molecule has 0 spiro atoms. The summed E-state index contributed by atoms with van der Waals surface area (Å²) in [6, 6.07) is 5.25. The molecule has 9 heteroatoms. The van der Waals surface area contributed by atoms with E-state index in [1.54, 1.807) is 26.0 Å². The van der Waals surface area contributed by atoms with Gasteiger partial charge >= 0.3 is 13.6 Å². The second-order valence-corrected chi connectivity index (χ2v) is 9.04. The summed E-state index contributed by atoms with van der Waals surface area (Å²) in [4.78, 5) is 35.8. The van der Waals surface area contributed by atoms with Crippen molar-refractivity contribution in [3.8, 4) is 0 Å². The van der Waals surface area contributed by atoms with Crippen molar-refractivity contribution in [2.24, 2.45) is 5.92 Å². The Kier molecular flexibility index (Phi) is 8.56. The highest BCUT2D eigenvalue weighted by atomic mass is 31.2. The number of nitrogens with one attached hydrogen (secondary N) is 1. The zero-order valence-electron chi connectivity index (χ0n) is 16.8. The highest BCUT2D eigenvalue weighted by Crippen LogP contribution is 2.51. The van der Waals surface area contributed by atoms with Crippen LogP contribution in [0.1, 0.15) is 55.5 Å². The van der Waals surface area contributed by atoms with Crippen LogP contribution in [0.3, 0.4) is 0 Å². The molecule has 1 aliphatic carbocycles. The predicted octanol–water partition coefficient (Wildman–Crippen LogP) is 3.40. The second kappa shape index (κ2) is 10.7. The fourth-order valence-electron chi connectivity index (χ4n) is 3.46. The van der Waals surface area contributed by atoms with Gasteiger partial charge in [0.05, 0.1) is 19.4 Å². The summed E-state index contributed by atoms with van der Waals surface area (Å²) in [5.74, 6) is -2.05. The first-order valence-electron chi connectivity index (χ1n) is 9.80. The third-order valence-corrected chi connectivity index (χ3v) is 6.84. The fourth-order valence-corrected chi connectivity index (χ4v) is 5.16. The van der Waals surface area contributed by atoms with Crippen LogP contribution in [0.4, 0.5) is 0 Å². The van der Waals surface area contributed by atoms with Crippen molar-refractivity contribution in [2.45, 2.75) is 51.7 Å². The molecule has 0 bridgehead atoms. The van der Waals surface area contributed by atoms with Crippen LogP contribution in [0.25, 0.3) is 0 Å². The third kappa shape index (κ3) is 6.77. The molecule has 29 heavy (non-hydrogen) atoms. The molecule has 2 N–H and O–H groups in total. The van der Waals surface area contributed by atoms with Crippen molar-refractivity contribution < 1.29 is 33.1 Å². The van der Waals surface area contributed by atoms with Crippen LogP contribution in [0, 0.1) is 5.92 Å². The van der Waals surface area contributed by atoms with Gasteiger partial charge in [0.15, 0.2) is 0 Å². The summed E-state index contributed by atoms with van der Waals surface area (Å²) in [6.07, 6.45) is 1.94. The average molecular weight is 425 g/mol. The second-order valence-electron chi connectivity index (χ2n) is 6.99. The smallest absolute Gasteiger partial charge is 0.335 e. The van der Waals surface area contributed by atoms with Gasteiger partial charge in [-0.15, -0.1) is 0 Å². The molecule has 0 unspecified atom stereocenters. The number of carboxylic acid groups (broad SMARTS) is 1. The van der Waals surface area contributed by atoms with Gasteiger partial charge in [-0.3, -0.25) is 14.2 Å². The number of carbonyl (C=O) groups excluding carboxylic acids is 2. The Bertz CT molecular complexity index is 768. The Labute approximate surface area is 170 Å². The first-order chi connectivity index (χ1) is 13.8. The van der Waals surface area contributed by atoms with E-state index in [0.717, 1.165) is 0 Å². The maximum atomic E-state index is 12.6. The van der Waals surface area contributed by atoms with E-state index < -0.39 is 31.4 Å². The van der Waals surface area contributed by atoms with E-state index in [2.05, 4.69) is 5.32 Å². The van der Waals surface area contributed by atoms with Gasteiger partial charge in [-0.1, -0.05) is 12.1 Å². The Balaban J connectivity index is 2.06. The van der Waals surface area contributed by atoms with Gasteiger partial charge < -0.3 is 19.5 Å². The Morgan fingerprint density at radius 3 is 2.34 bits per heavy atom. The summed E-state index contributed by atoms with van der Waals surface area (Å²) in [6.45, 7) is 3.99. The lowest BCUT2D eigenvalue weighted by Crippen LogP contribution is -2.47. The van der Waals surface area contributed by atoms with Gasteiger partial charge in [0, 0.05) is 18.4 Å². The van der Waals surface area contributed by atoms with Gasteiger partial charge in [0.2, 0.25) is 0 Å². The summed E-state index contributed by atoms with van der Waals surface area (Å²) >= 11 is 0. The summed E-state index contributed by atoms with van der Waals surface area (Å²) in [5.41, 5.74) is 0.962. The molecule has 8 nitrogen and oxygen atoms in total. The number of rotatable bonds is 10. The molecule has 1 amide bonds. The largest absolute Gasteiger partial charge is 0.480 e. The number of benzene rings is 1. The molecule has 0 saturated heterocycles. The summed E-state index contributed by atoms with van der Waals surface area (Å²) in [5, 5.41) is 12.0. The zero-order valence-corrected chi connectivity index (χ0v) is 17.7. The van der Waals surface area contributed by atoms with Crippen molar-refractivity contribution in [2.75, 3.05) is 13.2 Å². The standard InChI is InChI=1S/C20H28NO7P/c1-3-27-29(26,28-4-2)13-14-8-10-15(11-9-14)19(23)21-18(20(24)25)16-6-5-7-17(22)12-16/h8-11,16,18H,3-7,12-13H2,1-2H3,(H,21,23)(H,24,25)/t16-,18-/m1/s1. The topological polar surface area (TPSA) is 119 Å². The van der Waals surface area contributed by atoms with E-state index in [1.807, 2.05) is 0 Å². The first-order valence-corrected chi connectivity index (χ1v) is 11.5. The number of carbonyl (C=O) groups is 3. The summed E-state index contributed by atoms with van der Waals surface area (Å²) in [7, 11) is -3.25. The minimum Gasteiger partial charge on any atom is -0.480 e. The first kappa shape index (κ1) is 23.3. The predicted molar refractivity (Wildman–Crippen MR) is 107 cm³/mol. The number of carboxylic acids is 1. The number of hydrogen-bond donors (Lipinski definition) is 2. The van der Waals surface area contributed by atoms with E-state index in [9.17, 15) is 24.1 Å². The van der Waals surface area contributed by atoms with Crippen molar-refractivity contribution in [1.29, 1.82) is 0 Å². The highest BCUT2D eigenvalue weighted by Gasteiger charge is 2.33. The van der Waals surface area contributed by atoms with E-state index in [4.69, 9.17) is 9.05 Å². The molecular weight excluding hydrogens is 397 g/mol. The molecule has 0 aliphatic heterocycles. The number of hydrogen-bond acceptors (Lipinski definition) is 6. The Morgan fingerprint density at radius 2 is 1.83 bits per heavy atom. The minimum atomic E-state index is -3.25. The number of aliphatic carboxylic acids is 1. The molecule has 1 aromatic carbocycles. The maximum absolute atomic E-state index is 12.6. The van der Waals surface area contributed by atoms with Gasteiger partial charge in [-0.05, 0) is 50.3 Å². The normalized spacial score (nSPS) is 18.3. The monoisotopic (exact) mass is 425 g/mol. The van der Waals surface area contributed by atoms with Gasteiger partial charge in [0.1, 0.15) is 11.8 Å². The zero-order chi connectivity index (χ0) is 21.4. The lowest BCUT2D eigenvalue weighted by Gasteiger charge is -2.27. The minimum absolute atomic E-state index is 0.0270. The number of Topliss-reactive ketones (excluding diaryl/α,β-unsaturated/α-hetero) is 1. The van der Waals surface area contributed by atoms with Crippen LogP contribution in [0.2, 0.25) is 0 Å². The molecule has 1 aliphatic rings. The molecule has 1 fully saturated rings. The quantitative estimate of drug-likeness (QED) is 0.552. The van der Waals surface area contributed by atoms with Crippen LogP contribution in [0.15, 0.2) is 24.3 Å². The van der Waals surface area contributed by atoms with Crippen molar-refractivity contribution in [3.63, 3.8) is 0 Å². The van der Waals surface area contributed by atoms with Gasteiger partial charge in [-0.25, -0.2) is 4.79 Å². The van der Waals surface area contributed by atoms with E-state index >= 15 is 0 Å². The average Bonchev–Trinajstić information content (AvgIpc) is 2.66. The van der Waals surface area contributed by atoms with Crippen LogP contribution >= 0.6 is 7.60 Å². The van der Waals surface area contributed by atoms with Crippen molar-refractivity contribution in [3.05, 3.63) is 35.4 Å². The maximum Gasteiger partial charge on any atom is 0.335 e. The highest BCUT2D eigenvalue weighted by molar-refractivity contribution is 7.53.